The molecule has 5 heteroatoms. The molecular weight excluding hydrogens is 230 g/mol. The van der Waals surface area contributed by atoms with Crippen LogP contribution in [-0.2, 0) is 9.59 Å². The van der Waals surface area contributed by atoms with E-state index in [1.54, 1.807) is 0 Å². The zero-order valence-corrected chi connectivity index (χ0v) is 11.2. The molecule has 1 aliphatic heterocycles. The predicted octanol–water partition coefficient (Wildman–Crippen LogP) is 0.339. The SMILES string of the molecule is CCC(=O)N1CCCN(C(=O)C2(N)CCC2)CC1. The van der Waals surface area contributed by atoms with E-state index in [2.05, 4.69) is 0 Å². The van der Waals surface area contributed by atoms with Gasteiger partial charge in [-0.15, -0.1) is 0 Å². The minimum atomic E-state index is -0.607. The first kappa shape index (κ1) is 13.3. The van der Waals surface area contributed by atoms with E-state index in [4.69, 9.17) is 5.73 Å². The van der Waals surface area contributed by atoms with Crippen LogP contribution in [0.2, 0.25) is 0 Å². The van der Waals surface area contributed by atoms with Crippen molar-refractivity contribution in [3.8, 4) is 0 Å². The van der Waals surface area contributed by atoms with Crippen LogP contribution in [0.3, 0.4) is 0 Å². The van der Waals surface area contributed by atoms with Crippen molar-refractivity contribution >= 4 is 11.8 Å². The second-order valence-corrected chi connectivity index (χ2v) is 5.39. The third kappa shape index (κ3) is 2.51. The Balaban J connectivity index is 1.92. The molecule has 0 atom stereocenters. The first-order chi connectivity index (χ1) is 8.57. The van der Waals surface area contributed by atoms with Crippen LogP contribution in [-0.4, -0.2) is 53.3 Å². The van der Waals surface area contributed by atoms with Crippen LogP contribution in [0.1, 0.15) is 39.0 Å². The Morgan fingerprint density at radius 3 is 2.22 bits per heavy atom. The Kier molecular flexibility index (Phi) is 3.90. The lowest BCUT2D eigenvalue weighted by molar-refractivity contribution is -0.140. The van der Waals surface area contributed by atoms with Gasteiger partial charge in [0.05, 0.1) is 5.54 Å². The van der Waals surface area contributed by atoms with Crippen LogP contribution in [0.25, 0.3) is 0 Å². The molecule has 18 heavy (non-hydrogen) atoms. The zero-order valence-electron chi connectivity index (χ0n) is 11.2. The number of nitrogens with zero attached hydrogens (tertiary/aromatic N) is 2. The van der Waals surface area contributed by atoms with Gasteiger partial charge in [0.1, 0.15) is 0 Å². The monoisotopic (exact) mass is 253 g/mol. The topological polar surface area (TPSA) is 66.6 Å². The third-order valence-electron chi connectivity index (χ3n) is 4.11. The third-order valence-corrected chi connectivity index (χ3v) is 4.11. The first-order valence-electron chi connectivity index (χ1n) is 6.93. The standard InChI is InChI=1S/C13H23N3O2/c1-2-11(17)15-7-4-8-16(10-9-15)12(18)13(14)5-3-6-13/h2-10,14H2,1H3. The molecule has 0 aromatic rings. The van der Waals surface area contributed by atoms with Crippen LogP contribution >= 0.6 is 0 Å². The molecule has 1 heterocycles. The highest BCUT2D eigenvalue weighted by molar-refractivity contribution is 5.87. The number of carbonyl (C=O) groups excluding carboxylic acids is 2. The zero-order chi connectivity index (χ0) is 13.2. The average molecular weight is 253 g/mol. The average Bonchev–Trinajstić information content (AvgIpc) is 2.59. The van der Waals surface area contributed by atoms with Crippen molar-refractivity contribution in [3.05, 3.63) is 0 Å². The van der Waals surface area contributed by atoms with Gasteiger partial charge < -0.3 is 15.5 Å². The fourth-order valence-corrected chi connectivity index (χ4v) is 2.68. The Labute approximate surface area is 108 Å². The minimum Gasteiger partial charge on any atom is -0.341 e. The highest BCUT2D eigenvalue weighted by atomic mass is 16.2. The summed E-state index contributed by atoms with van der Waals surface area (Å²) < 4.78 is 0. The van der Waals surface area contributed by atoms with E-state index < -0.39 is 5.54 Å². The van der Waals surface area contributed by atoms with Gasteiger partial charge in [-0.1, -0.05) is 6.92 Å². The molecule has 1 aliphatic carbocycles. The maximum atomic E-state index is 12.3. The molecule has 2 fully saturated rings. The van der Waals surface area contributed by atoms with Crippen molar-refractivity contribution in [2.75, 3.05) is 26.2 Å². The molecule has 102 valence electrons. The van der Waals surface area contributed by atoms with Crippen molar-refractivity contribution in [2.45, 2.75) is 44.6 Å². The fourth-order valence-electron chi connectivity index (χ4n) is 2.68. The summed E-state index contributed by atoms with van der Waals surface area (Å²) in [6.45, 7) is 4.64. The van der Waals surface area contributed by atoms with Gasteiger partial charge >= 0.3 is 0 Å². The molecule has 2 amide bonds. The molecule has 0 radical (unpaired) electrons. The summed E-state index contributed by atoms with van der Waals surface area (Å²) in [5.74, 6) is 0.259. The van der Waals surface area contributed by atoms with Crippen molar-refractivity contribution in [1.82, 2.24) is 9.80 Å². The molecule has 2 aliphatic rings. The largest absolute Gasteiger partial charge is 0.341 e. The summed E-state index contributed by atoms with van der Waals surface area (Å²) in [6, 6.07) is 0. The Hall–Kier alpha value is -1.10. The van der Waals surface area contributed by atoms with Gasteiger partial charge in [0, 0.05) is 32.6 Å². The van der Waals surface area contributed by atoms with Gasteiger partial charge in [-0.2, -0.15) is 0 Å². The van der Waals surface area contributed by atoms with Crippen molar-refractivity contribution in [3.63, 3.8) is 0 Å². The molecule has 0 bridgehead atoms. The van der Waals surface area contributed by atoms with Crippen molar-refractivity contribution < 1.29 is 9.59 Å². The molecule has 0 unspecified atom stereocenters. The van der Waals surface area contributed by atoms with Gasteiger partial charge in [-0.3, -0.25) is 9.59 Å². The number of rotatable bonds is 2. The van der Waals surface area contributed by atoms with Crippen LogP contribution in [0, 0.1) is 0 Å². The second-order valence-electron chi connectivity index (χ2n) is 5.39. The molecule has 2 rings (SSSR count). The van der Waals surface area contributed by atoms with Crippen LogP contribution in [0.5, 0.6) is 0 Å². The van der Waals surface area contributed by atoms with E-state index in [0.29, 0.717) is 19.5 Å². The minimum absolute atomic E-state index is 0.0829. The van der Waals surface area contributed by atoms with E-state index in [1.807, 2.05) is 16.7 Å². The summed E-state index contributed by atoms with van der Waals surface area (Å²) in [5.41, 5.74) is 5.47. The number of hydrogen-bond donors (Lipinski definition) is 1. The summed E-state index contributed by atoms with van der Waals surface area (Å²) in [7, 11) is 0. The molecule has 0 aromatic heterocycles. The molecular formula is C13H23N3O2. The van der Waals surface area contributed by atoms with E-state index in [-0.39, 0.29) is 11.8 Å². The number of carbonyl (C=O) groups is 2. The van der Waals surface area contributed by atoms with Crippen LogP contribution in [0.15, 0.2) is 0 Å². The van der Waals surface area contributed by atoms with E-state index in [0.717, 1.165) is 38.8 Å². The first-order valence-corrected chi connectivity index (χ1v) is 6.93. The van der Waals surface area contributed by atoms with Gasteiger partial charge in [0.25, 0.3) is 0 Å². The molecule has 1 saturated heterocycles. The smallest absolute Gasteiger partial charge is 0.242 e. The highest BCUT2D eigenvalue weighted by Crippen LogP contribution is 2.31. The fraction of sp³-hybridized carbons (Fsp3) is 0.846. The summed E-state index contributed by atoms with van der Waals surface area (Å²) in [6.07, 6.45) is 4.05. The predicted molar refractivity (Wildman–Crippen MR) is 68.8 cm³/mol. The Morgan fingerprint density at radius 1 is 1.06 bits per heavy atom. The summed E-state index contributed by atoms with van der Waals surface area (Å²) >= 11 is 0. The maximum Gasteiger partial charge on any atom is 0.242 e. The van der Waals surface area contributed by atoms with Gasteiger partial charge in [-0.05, 0) is 25.7 Å². The van der Waals surface area contributed by atoms with E-state index in [1.165, 1.54) is 0 Å². The summed E-state index contributed by atoms with van der Waals surface area (Å²) in [5, 5.41) is 0. The second kappa shape index (κ2) is 5.26. The molecule has 0 spiro atoms. The van der Waals surface area contributed by atoms with Gasteiger partial charge in [-0.25, -0.2) is 0 Å². The maximum absolute atomic E-state index is 12.3. The van der Waals surface area contributed by atoms with Crippen molar-refractivity contribution in [2.24, 2.45) is 5.73 Å². The number of hydrogen-bond acceptors (Lipinski definition) is 3. The molecule has 2 N–H and O–H groups in total. The van der Waals surface area contributed by atoms with Gasteiger partial charge in [0.15, 0.2) is 0 Å². The summed E-state index contributed by atoms with van der Waals surface area (Å²) in [4.78, 5) is 27.7. The quantitative estimate of drug-likeness (QED) is 0.771. The Bertz CT molecular complexity index is 339. The molecule has 1 saturated carbocycles. The van der Waals surface area contributed by atoms with E-state index in [9.17, 15) is 9.59 Å². The number of nitrogens with two attached hydrogens (primary N) is 1. The molecule has 0 aromatic carbocycles. The highest BCUT2D eigenvalue weighted by Gasteiger charge is 2.42. The number of amides is 2. The van der Waals surface area contributed by atoms with Crippen LogP contribution in [0.4, 0.5) is 0 Å². The molecule has 5 nitrogen and oxygen atoms in total. The van der Waals surface area contributed by atoms with Gasteiger partial charge in [0.2, 0.25) is 11.8 Å². The van der Waals surface area contributed by atoms with E-state index >= 15 is 0 Å². The lowest BCUT2D eigenvalue weighted by atomic mass is 9.76. The van der Waals surface area contributed by atoms with Crippen LogP contribution < -0.4 is 5.73 Å². The lowest BCUT2D eigenvalue weighted by Gasteiger charge is -2.40. The Morgan fingerprint density at radius 2 is 1.67 bits per heavy atom. The van der Waals surface area contributed by atoms with Crippen molar-refractivity contribution in [1.29, 1.82) is 0 Å². The lowest BCUT2D eigenvalue weighted by Crippen LogP contribution is -2.60. The normalized spacial score (nSPS) is 23.2.